The Balaban J connectivity index is 2.18. The van der Waals surface area contributed by atoms with Gasteiger partial charge in [-0.1, -0.05) is 35.0 Å². The smallest absolute Gasteiger partial charge is 0.290 e. The van der Waals surface area contributed by atoms with Gasteiger partial charge in [-0.05, 0) is 34.6 Å². The Labute approximate surface area is 130 Å². The van der Waals surface area contributed by atoms with Crippen molar-refractivity contribution in [3.8, 4) is 11.3 Å². The van der Waals surface area contributed by atoms with Crippen molar-refractivity contribution in [2.75, 3.05) is 0 Å². The lowest BCUT2D eigenvalue weighted by atomic mass is 9.86. The maximum atomic E-state index is 12.2. The van der Waals surface area contributed by atoms with Crippen molar-refractivity contribution in [3.63, 3.8) is 0 Å². The maximum absolute atomic E-state index is 12.2. The largest absolute Gasteiger partial charge is 0.388 e. The summed E-state index contributed by atoms with van der Waals surface area (Å²) < 4.78 is 5.13. The van der Waals surface area contributed by atoms with E-state index in [0.717, 1.165) is 11.1 Å². The number of carbonyl (C=O) groups is 1. The number of nitrogens with zero attached hydrogens (tertiary/aromatic N) is 1. The van der Waals surface area contributed by atoms with E-state index in [2.05, 4.69) is 10.5 Å². The lowest BCUT2D eigenvalue weighted by molar-refractivity contribution is -0.00353. The summed E-state index contributed by atoms with van der Waals surface area (Å²) >= 11 is 0. The van der Waals surface area contributed by atoms with Crippen LogP contribution in [0.1, 0.15) is 43.8 Å². The van der Waals surface area contributed by atoms with E-state index in [1.54, 1.807) is 33.8 Å². The van der Waals surface area contributed by atoms with Crippen molar-refractivity contribution in [3.05, 3.63) is 41.7 Å². The molecule has 0 fully saturated rings. The Morgan fingerprint density at radius 2 is 1.77 bits per heavy atom. The molecular formula is C17H22N2O3. The van der Waals surface area contributed by atoms with Crippen LogP contribution < -0.4 is 5.32 Å². The van der Waals surface area contributed by atoms with E-state index in [-0.39, 0.29) is 5.76 Å². The van der Waals surface area contributed by atoms with E-state index >= 15 is 0 Å². The monoisotopic (exact) mass is 302 g/mol. The van der Waals surface area contributed by atoms with Crippen LogP contribution in [0.25, 0.3) is 11.3 Å². The summed E-state index contributed by atoms with van der Waals surface area (Å²) in [5.74, 6) is -0.286. The molecule has 0 spiro atoms. The van der Waals surface area contributed by atoms with Gasteiger partial charge in [0.05, 0.1) is 11.1 Å². The summed E-state index contributed by atoms with van der Waals surface area (Å²) in [5, 5.41) is 16.8. The highest BCUT2D eigenvalue weighted by atomic mass is 16.5. The van der Waals surface area contributed by atoms with Gasteiger partial charge in [0.25, 0.3) is 5.91 Å². The van der Waals surface area contributed by atoms with Gasteiger partial charge >= 0.3 is 0 Å². The molecular weight excluding hydrogens is 280 g/mol. The fourth-order valence-corrected chi connectivity index (χ4v) is 1.74. The molecule has 0 radical (unpaired) electrons. The molecule has 0 saturated heterocycles. The Kier molecular flexibility index (Phi) is 4.11. The quantitative estimate of drug-likeness (QED) is 0.910. The van der Waals surface area contributed by atoms with Gasteiger partial charge in [-0.2, -0.15) is 0 Å². The van der Waals surface area contributed by atoms with Crippen molar-refractivity contribution >= 4 is 5.91 Å². The van der Waals surface area contributed by atoms with Crippen molar-refractivity contribution in [2.45, 2.75) is 45.8 Å². The van der Waals surface area contributed by atoms with Crippen LogP contribution in [0.5, 0.6) is 0 Å². The van der Waals surface area contributed by atoms with E-state index in [9.17, 15) is 9.90 Å². The average Bonchev–Trinajstić information content (AvgIpc) is 2.87. The molecule has 2 rings (SSSR count). The third-order valence-corrected chi connectivity index (χ3v) is 4.04. The normalized spacial score (nSPS) is 12.3. The van der Waals surface area contributed by atoms with E-state index in [1.165, 1.54) is 0 Å². The lowest BCUT2D eigenvalue weighted by Crippen LogP contribution is -2.57. The predicted octanol–water partition coefficient (Wildman–Crippen LogP) is 2.93. The first kappa shape index (κ1) is 16.2. The standard InChI is InChI=1S/C17H22N2O3/c1-11-6-8-12(9-7-11)13-10-14(22-19-13)15(20)18-16(2,3)17(4,5)21/h6-10,21H,1-5H3,(H,18,20). The number of amides is 1. The zero-order valence-corrected chi connectivity index (χ0v) is 13.6. The second-order valence-corrected chi connectivity index (χ2v) is 6.58. The molecule has 118 valence electrons. The van der Waals surface area contributed by atoms with Gasteiger partial charge in [-0.3, -0.25) is 4.79 Å². The van der Waals surface area contributed by atoms with Gasteiger partial charge in [0, 0.05) is 11.6 Å². The number of aromatic nitrogens is 1. The second kappa shape index (κ2) is 5.57. The highest BCUT2D eigenvalue weighted by molar-refractivity contribution is 5.93. The minimum absolute atomic E-state index is 0.118. The molecule has 0 saturated carbocycles. The predicted molar refractivity (Wildman–Crippen MR) is 84.5 cm³/mol. The Bertz CT molecular complexity index is 664. The molecule has 0 aliphatic heterocycles. The van der Waals surface area contributed by atoms with Crippen LogP contribution in [-0.2, 0) is 0 Å². The summed E-state index contributed by atoms with van der Waals surface area (Å²) in [7, 11) is 0. The number of aliphatic hydroxyl groups is 1. The molecule has 2 N–H and O–H groups in total. The van der Waals surface area contributed by atoms with Gasteiger partial charge in [0.1, 0.15) is 5.69 Å². The van der Waals surface area contributed by atoms with Crippen molar-refractivity contribution in [2.24, 2.45) is 0 Å². The SMILES string of the molecule is Cc1ccc(-c2cc(C(=O)NC(C)(C)C(C)(C)O)on2)cc1. The van der Waals surface area contributed by atoms with Gasteiger partial charge in [0.2, 0.25) is 5.76 Å². The third kappa shape index (κ3) is 3.36. The molecule has 5 heteroatoms. The number of nitrogens with one attached hydrogen (secondary N) is 1. The Hall–Kier alpha value is -2.14. The lowest BCUT2D eigenvalue weighted by Gasteiger charge is -2.37. The highest BCUT2D eigenvalue weighted by Gasteiger charge is 2.37. The van der Waals surface area contributed by atoms with Gasteiger partial charge < -0.3 is 14.9 Å². The van der Waals surface area contributed by atoms with Gasteiger partial charge in [0.15, 0.2) is 0 Å². The summed E-state index contributed by atoms with van der Waals surface area (Å²) in [6.07, 6.45) is 0. The van der Waals surface area contributed by atoms with Gasteiger partial charge in [-0.15, -0.1) is 0 Å². The van der Waals surface area contributed by atoms with E-state index in [4.69, 9.17) is 4.52 Å². The molecule has 1 amide bonds. The highest BCUT2D eigenvalue weighted by Crippen LogP contribution is 2.23. The van der Waals surface area contributed by atoms with Crippen LogP contribution in [0.3, 0.4) is 0 Å². The molecule has 0 atom stereocenters. The van der Waals surface area contributed by atoms with Crippen LogP contribution >= 0.6 is 0 Å². The number of hydrogen-bond donors (Lipinski definition) is 2. The van der Waals surface area contributed by atoms with E-state index in [1.807, 2.05) is 31.2 Å². The molecule has 0 bridgehead atoms. The third-order valence-electron chi connectivity index (χ3n) is 4.04. The fourth-order valence-electron chi connectivity index (χ4n) is 1.74. The average molecular weight is 302 g/mol. The van der Waals surface area contributed by atoms with Crippen LogP contribution in [0.15, 0.2) is 34.9 Å². The summed E-state index contributed by atoms with van der Waals surface area (Å²) in [6, 6.07) is 9.40. The summed E-state index contributed by atoms with van der Waals surface area (Å²) in [6.45, 7) is 8.80. The minimum Gasteiger partial charge on any atom is -0.388 e. The molecule has 22 heavy (non-hydrogen) atoms. The fraction of sp³-hybridized carbons (Fsp3) is 0.412. The molecule has 0 unspecified atom stereocenters. The molecule has 5 nitrogen and oxygen atoms in total. The zero-order chi connectivity index (χ0) is 16.5. The van der Waals surface area contributed by atoms with Gasteiger partial charge in [-0.25, -0.2) is 0 Å². The zero-order valence-electron chi connectivity index (χ0n) is 13.6. The first-order chi connectivity index (χ1) is 10.1. The van der Waals surface area contributed by atoms with E-state index < -0.39 is 17.0 Å². The topological polar surface area (TPSA) is 75.4 Å². The summed E-state index contributed by atoms with van der Waals surface area (Å²) in [4.78, 5) is 12.2. The van der Waals surface area contributed by atoms with Crippen molar-refractivity contribution in [1.82, 2.24) is 10.5 Å². The molecule has 1 aromatic carbocycles. The number of aryl methyl sites for hydroxylation is 1. The van der Waals surface area contributed by atoms with Crippen LogP contribution in [-0.4, -0.2) is 27.3 Å². The first-order valence-corrected chi connectivity index (χ1v) is 7.19. The van der Waals surface area contributed by atoms with Crippen molar-refractivity contribution < 1.29 is 14.4 Å². The molecule has 1 heterocycles. The molecule has 0 aliphatic carbocycles. The number of carbonyl (C=O) groups excluding carboxylic acids is 1. The molecule has 2 aromatic rings. The van der Waals surface area contributed by atoms with E-state index in [0.29, 0.717) is 5.69 Å². The van der Waals surface area contributed by atoms with Crippen LogP contribution in [0.4, 0.5) is 0 Å². The van der Waals surface area contributed by atoms with Crippen LogP contribution in [0, 0.1) is 6.92 Å². The number of rotatable bonds is 4. The molecule has 1 aromatic heterocycles. The summed E-state index contributed by atoms with van der Waals surface area (Å²) in [5.41, 5.74) is 0.766. The van der Waals surface area contributed by atoms with Crippen LogP contribution in [0.2, 0.25) is 0 Å². The number of benzene rings is 1. The molecule has 0 aliphatic rings. The second-order valence-electron chi connectivity index (χ2n) is 6.58. The minimum atomic E-state index is -1.07. The maximum Gasteiger partial charge on any atom is 0.290 e. The van der Waals surface area contributed by atoms with Crippen molar-refractivity contribution in [1.29, 1.82) is 0 Å². The first-order valence-electron chi connectivity index (χ1n) is 7.19. The number of hydrogen-bond acceptors (Lipinski definition) is 4. The Morgan fingerprint density at radius 1 is 1.18 bits per heavy atom. The Morgan fingerprint density at radius 3 is 2.32 bits per heavy atom.